The van der Waals surface area contributed by atoms with Crippen molar-refractivity contribution in [2.24, 2.45) is 0 Å². The van der Waals surface area contributed by atoms with Gasteiger partial charge in [0.05, 0.1) is 17.7 Å². The first-order valence-corrected chi connectivity index (χ1v) is 10.2. The van der Waals surface area contributed by atoms with E-state index in [1.165, 1.54) is 24.3 Å². The zero-order chi connectivity index (χ0) is 22.9. The molecule has 0 fully saturated rings. The Morgan fingerprint density at radius 3 is 2.38 bits per heavy atom. The molecular formula is C25H22F4N2O. The Hall–Kier alpha value is -3.16. The normalized spacial score (nSPS) is 13.9. The first kappa shape index (κ1) is 22.0. The van der Waals surface area contributed by atoms with Gasteiger partial charge in [-0.05, 0) is 42.4 Å². The van der Waals surface area contributed by atoms with Crippen LogP contribution in [0, 0.1) is 5.82 Å². The van der Waals surface area contributed by atoms with Gasteiger partial charge < -0.3 is 15.0 Å². The monoisotopic (exact) mass is 442 g/mol. The fourth-order valence-corrected chi connectivity index (χ4v) is 4.19. The number of fused-ring (bicyclic) bond motifs is 1. The Morgan fingerprint density at radius 2 is 1.66 bits per heavy atom. The molecule has 0 aliphatic carbocycles. The van der Waals surface area contributed by atoms with Crippen molar-refractivity contribution in [2.75, 3.05) is 13.6 Å². The van der Waals surface area contributed by atoms with E-state index in [0.29, 0.717) is 22.0 Å². The predicted molar refractivity (Wildman–Crippen MR) is 117 cm³/mol. The van der Waals surface area contributed by atoms with Gasteiger partial charge in [-0.15, -0.1) is 0 Å². The largest absolute Gasteiger partial charge is 0.417 e. The average molecular weight is 442 g/mol. The lowest BCUT2D eigenvalue weighted by Gasteiger charge is -2.26. The number of aromatic nitrogens is 1. The summed E-state index contributed by atoms with van der Waals surface area (Å²) in [6.07, 6.45) is -3.86. The van der Waals surface area contributed by atoms with E-state index in [4.69, 9.17) is 0 Å². The minimum absolute atomic E-state index is 0.0519. The first-order valence-electron chi connectivity index (χ1n) is 10.2. The maximum absolute atomic E-state index is 14.0. The number of para-hydroxylation sites is 1. The molecule has 2 N–H and O–H groups in total. The van der Waals surface area contributed by atoms with Crippen LogP contribution in [0.1, 0.15) is 17.2 Å². The van der Waals surface area contributed by atoms with Crippen molar-refractivity contribution in [2.45, 2.75) is 18.3 Å². The molecule has 0 radical (unpaired) electrons. The highest BCUT2D eigenvalue weighted by atomic mass is 19.4. The minimum atomic E-state index is -4.52. The summed E-state index contributed by atoms with van der Waals surface area (Å²) in [5.74, 6) is -0.455. The molecule has 7 heteroatoms. The lowest BCUT2D eigenvalue weighted by atomic mass is 9.99. The van der Waals surface area contributed by atoms with Crippen LogP contribution in [0.15, 0.2) is 79.0 Å². The Balaban J connectivity index is 1.98. The number of hydrogen-bond acceptors (Lipinski definition) is 2. The van der Waals surface area contributed by atoms with Crippen molar-refractivity contribution >= 4 is 10.9 Å². The van der Waals surface area contributed by atoms with Crippen LogP contribution < -0.4 is 5.32 Å². The van der Waals surface area contributed by atoms with Crippen molar-refractivity contribution in [1.29, 1.82) is 0 Å². The molecule has 0 saturated heterocycles. The van der Waals surface area contributed by atoms with Gasteiger partial charge in [0.15, 0.2) is 0 Å². The summed E-state index contributed by atoms with van der Waals surface area (Å²) < 4.78 is 57.0. The molecule has 3 aromatic carbocycles. The van der Waals surface area contributed by atoms with E-state index >= 15 is 0 Å². The number of nitrogens with zero attached hydrogens (tertiary/aromatic N) is 1. The van der Waals surface area contributed by atoms with E-state index < -0.39 is 29.7 Å². The molecule has 1 aromatic heterocycles. The molecule has 0 bridgehead atoms. The second kappa shape index (κ2) is 8.76. The number of aliphatic hydroxyl groups is 1. The summed E-state index contributed by atoms with van der Waals surface area (Å²) in [6, 6.07) is 17.7. The molecule has 0 saturated carbocycles. The number of nitrogens with one attached hydrogen (secondary N) is 1. The van der Waals surface area contributed by atoms with Crippen molar-refractivity contribution < 1.29 is 22.7 Å². The van der Waals surface area contributed by atoms with E-state index in [-0.39, 0.29) is 12.1 Å². The maximum atomic E-state index is 14.0. The molecule has 166 valence electrons. The second-order valence-electron chi connectivity index (χ2n) is 7.64. The van der Waals surface area contributed by atoms with Gasteiger partial charge in [-0.25, -0.2) is 4.39 Å². The topological polar surface area (TPSA) is 37.2 Å². The third-order valence-corrected chi connectivity index (χ3v) is 5.53. The number of aliphatic hydroxyl groups excluding tert-OH is 1. The Bertz CT molecular complexity index is 1230. The molecule has 4 aromatic rings. The molecule has 0 amide bonds. The first-order chi connectivity index (χ1) is 15.3. The molecule has 2 atom stereocenters. The summed E-state index contributed by atoms with van der Waals surface area (Å²) in [6.45, 7) is 0.210. The molecule has 0 aliphatic heterocycles. The van der Waals surface area contributed by atoms with Crippen LogP contribution in [0.2, 0.25) is 0 Å². The maximum Gasteiger partial charge on any atom is 0.417 e. The minimum Gasteiger partial charge on any atom is -0.389 e. The van der Waals surface area contributed by atoms with Gasteiger partial charge in [0.1, 0.15) is 5.82 Å². The van der Waals surface area contributed by atoms with Crippen molar-refractivity contribution in [3.8, 4) is 11.1 Å². The Kier molecular flexibility index (Phi) is 6.04. The highest BCUT2D eigenvalue weighted by Gasteiger charge is 2.34. The predicted octanol–water partition coefficient (Wildman–Crippen LogP) is 5.64. The fraction of sp³-hybridized carbons (Fsp3) is 0.200. The molecule has 0 aliphatic rings. The van der Waals surface area contributed by atoms with Crippen molar-refractivity contribution in [1.82, 2.24) is 9.88 Å². The number of hydrogen-bond donors (Lipinski definition) is 2. The summed E-state index contributed by atoms with van der Waals surface area (Å²) in [4.78, 5) is 0. The van der Waals surface area contributed by atoms with Gasteiger partial charge in [-0.1, -0.05) is 48.5 Å². The smallest absolute Gasteiger partial charge is 0.389 e. The molecule has 3 nitrogen and oxygen atoms in total. The summed E-state index contributed by atoms with van der Waals surface area (Å²) >= 11 is 0. The highest BCUT2D eigenvalue weighted by molar-refractivity contribution is 5.97. The van der Waals surface area contributed by atoms with Gasteiger partial charge in [0.2, 0.25) is 0 Å². The fourth-order valence-electron chi connectivity index (χ4n) is 4.19. The Morgan fingerprint density at radius 1 is 0.938 bits per heavy atom. The molecule has 0 unspecified atom stereocenters. The molecular weight excluding hydrogens is 420 g/mol. The van der Waals surface area contributed by atoms with Crippen LogP contribution in [-0.4, -0.2) is 29.4 Å². The molecule has 0 spiro atoms. The third-order valence-electron chi connectivity index (χ3n) is 5.53. The van der Waals surface area contributed by atoms with Crippen LogP contribution in [0.3, 0.4) is 0 Å². The van der Waals surface area contributed by atoms with E-state index in [1.807, 2.05) is 0 Å². The van der Waals surface area contributed by atoms with E-state index in [1.54, 1.807) is 60.3 Å². The zero-order valence-electron chi connectivity index (χ0n) is 17.3. The van der Waals surface area contributed by atoms with Gasteiger partial charge in [0.25, 0.3) is 0 Å². The van der Waals surface area contributed by atoms with Gasteiger partial charge in [-0.3, -0.25) is 0 Å². The molecule has 4 rings (SSSR count). The van der Waals surface area contributed by atoms with Crippen LogP contribution >= 0.6 is 0 Å². The zero-order valence-corrected chi connectivity index (χ0v) is 17.3. The van der Waals surface area contributed by atoms with Gasteiger partial charge >= 0.3 is 6.18 Å². The number of halogens is 4. The number of alkyl halides is 3. The molecule has 1 heterocycles. The van der Waals surface area contributed by atoms with Crippen LogP contribution in [0.5, 0.6) is 0 Å². The number of likely N-dealkylation sites (N-methyl/N-ethyl adjacent to an activating group) is 1. The standard InChI is InChI=1S/C25H22F4N2O/c1-30-14-23(32)24(16-7-6-8-17(26)13-16)31-15-20(19-10-3-5-12-22(19)31)18-9-2-4-11-21(18)25(27,28)29/h2-13,15,23-24,30,32H,14H2,1H3/t23-,24+/m1/s1. The number of rotatable bonds is 6. The van der Waals surface area contributed by atoms with E-state index in [2.05, 4.69) is 5.32 Å². The summed E-state index contributed by atoms with van der Waals surface area (Å²) in [5.41, 5.74) is 0.872. The second-order valence-corrected chi connectivity index (χ2v) is 7.64. The quantitative estimate of drug-likeness (QED) is 0.380. The SMILES string of the molecule is CNC[C@@H](O)[C@H](c1cccc(F)c1)n1cc(-c2ccccc2C(F)(F)F)c2ccccc21. The molecule has 32 heavy (non-hydrogen) atoms. The highest BCUT2D eigenvalue weighted by Crippen LogP contribution is 2.41. The third kappa shape index (κ3) is 4.13. The van der Waals surface area contributed by atoms with E-state index in [9.17, 15) is 22.7 Å². The van der Waals surface area contributed by atoms with Crippen LogP contribution in [-0.2, 0) is 6.18 Å². The van der Waals surface area contributed by atoms with E-state index in [0.717, 1.165) is 6.07 Å². The summed E-state index contributed by atoms with van der Waals surface area (Å²) in [7, 11) is 1.69. The number of benzene rings is 3. The van der Waals surface area contributed by atoms with Crippen molar-refractivity contribution in [3.05, 3.63) is 95.9 Å². The lowest BCUT2D eigenvalue weighted by molar-refractivity contribution is -0.137. The average Bonchev–Trinajstić information content (AvgIpc) is 3.13. The summed E-state index contributed by atoms with van der Waals surface area (Å²) in [5, 5.41) is 14.5. The lowest BCUT2D eigenvalue weighted by Crippen LogP contribution is -2.33. The van der Waals surface area contributed by atoms with Gasteiger partial charge in [0, 0.05) is 29.2 Å². The van der Waals surface area contributed by atoms with Gasteiger partial charge in [-0.2, -0.15) is 13.2 Å². The van der Waals surface area contributed by atoms with Crippen LogP contribution in [0.4, 0.5) is 17.6 Å². The van der Waals surface area contributed by atoms with Crippen LogP contribution in [0.25, 0.3) is 22.0 Å². The van der Waals surface area contributed by atoms with Crippen molar-refractivity contribution in [3.63, 3.8) is 0 Å². The Labute approximate surface area is 182 Å².